The molecular weight excluding hydrogens is 293 g/mol. The van der Waals surface area contributed by atoms with Crippen molar-refractivity contribution in [2.75, 3.05) is 10.6 Å². The number of hydrogen-bond donors (Lipinski definition) is 2. The van der Waals surface area contributed by atoms with E-state index < -0.39 is 0 Å². The fourth-order valence-electron chi connectivity index (χ4n) is 2.19. The van der Waals surface area contributed by atoms with Gasteiger partial charge >= 0.3 is 0 Å². The fourth-order valence-corrected chi connectivity index (χ4v) is 2.19. The molecule has 0 saturated carbocycles. The van der Waals surface area contributed by atoms with Crippen LogP contribution < -0.4 is 10.6 Å². The highest BCUT2D eigenvalue weighted by Gasteiger charge is 2.06. The van der Waals surface area contributed by atoms with Crippen LogP contribution in [0.25, 0.3) is 0 Å². The molecule has 3 aromatic rings. The third-order valence-corrected chi connectivity index (χ3v) is 3.34. The molecule has 0 spiro atoms. The predicted octanol–water partition coefficient (Wildman–Crippen LogP) is 4.06. The summed E-state index contributed by atoms with van der Waals surface area (Å²) in [7, 11) is 0. The standard InChI is InChI=1S/C17H16FN5/c1-2-12-7-3-5-9-14(12)20-16-11-19-23-17(22-16)21-15-10-6-4-8-13(15)18/h3-11H,2H2,1H3,(H2,20,21,22,23). The Morgan fingerprint density at radius 3 is 2.48 bits per heavy atom. The Bertz CT molecular complexity index is 806. The third kappa shape index (κ3) is 3.60. The van der Waals surface area contributed by atoms with E-state index in [9.17, 15) is 4.39 Å². The number of aromatic nitrogens is 3. The Labute approximate surface area is 133 Å². The van der Waals surface area contributed by atoms with Crippen molar-refractivity contribution in [3.8, 4) is 0 Å². The van der Waals surface area contributed by atoms with E-state index in [2.05, 4.69) is 38.8 Å². The highest BCUT2D eigenvalue weighted by molar-refractivity contribution is 5.61. The monoisotopic (exact) mass is 309 g/mol. The smallest absolute Gasteiger partial charge is 0.249 e. The van der Waals surface area contributed by atoms with Gasteiger partial charge in [-0.15, -0.1) is 5.10 Å². The number of para-hydroxylation sites is 2. The molecule has 1 aromatic heterocycles. The molecule has 0 bridgehead atoms. The summed E-state index contributed by atoms with van der Waals surface area (Å²) in [4.78, 5) is 4.32. The van der Waals surface area contributed by atoms with Crippen molar-refractivity contribution >= 4 is 23.1 Å². The van der Waals surface area contributed by atoms with Crippen LogP contribution in [0.1, 0.15) is 12.5 Å². The van der Waals surface area contributed by atoms with E-state index in [1.807, 2.05) is 18.2 Å². The van der Waals surface area contributed by atoms with Crippen molar-refractivity contribution in [3.63, 3.8) is 0 Å². The molecule has 0 unspecified atom stereocenters. The minimum Gasteiger partial charge on any atom is -0.339 e. The molecule has 0 aliphatic rings. The molecule has 0 saturated heterocycles. The van der Waals surface area contributed by atoms with E-state index in [0.717, 1.165) is 12.1 Å². The van der Waals surface area contributed by atoms with Gasteiger partial charge in [-0.05, 0) is 30.2 Å². The van der Waals surface area contributed by atoms with Crippen molar-refractivity contribution in [1.82, 2.24) is 15.2 Å². The summed E-state index contributed by atoms with van der Waals surface area (Å²) in [5.74, 6) is 0.402. The van der Waals surface area contributed by atoms with E-state index in [-0.39, 0.29) is 11.8 Å². The Hall–Kier alpha value is -3.02. The zero-order chi connectivity index (χ0) is 16.1. The third-order valence-electron chi connectivity index (χ3n) is 3.34. The lowest BCUT2D eigenvalue weighted by molar-refractivity contribution is 0.631. The van der Waals surface area contributed by atoms with E-state index in [1.54, 1.807) is 18.2 Å². The lowest BCUT2D eigenvalue weighted by Gasteiger charge is -2.11. The van der Waals surface area contributed by atoms with E-state index in [0.29, 0.717) is 11.5 Å². The zero-order valence-electron chi connectivity index (χ0n) is 12.6. The molecule has 0 aliphatic heterocycles. The molecule has 2 N–H and O–H groups in total. The van der Waals surface area contributed by atoms with Gasteiger partial charge in [0.2, 0.25) is 5.95 Å². The highest BCUT2D eigenvalue weighted by atomic mass is 19.1. The molecule has 5 nitrogen and oxygen atoms in total. The first-order chi connectivity index (χ1) is 11.3. The minimum absolute atomic E-state index is 0.231. The largest absolute Gasteiger partial charge is 0.339 e. The average Bonchev–Trinajstić information content (AvgIpc) is 2.58. The average molecular weight is 309 g/mol. The van der Waals surface area contributed by atoms with Crippen LogP contribution in [0.3, 0.4) is 0 Å². The molecular formula is C17H16FN5. The summed E-state index contributed by atoms with van der Waals surface area (Å²) in [6.45, 7) is 2.09. The van der Waals surface area contributed by atoms with Crippen molar-refractivity contribution in [2.45, 2.75) is 13.3 Å². The lowest BCUT2D eigenvalue weighted by Crippen LogP contribution is -2.04. The second-order valence-corrected chi connectivity index (χ2v) is 4.91. The topological polar surface area (TPSA) is 62.7 Å². The Balaban J connectivity index is 1.81. The van der Waals surface area contributed by atoms with Crippen LogP contribution in [0.2, 0.25) is 0 Å². The van der Waals surface area contributed by atoms with Gasteiger partial charge in [-0.2, -0.15) is 10.1 Å². The van der Waals surface area contributed by atoms with E-state index in [4.69, 9.17) is 0 Å². The summed E-state index contributed by atoms with van der Waals surface area (Å²) in [6, 6.07) is 14.3. The number of benzene rings is 2. The molecule has 6 heteroatoms. The second-order valence-electron chi connectivity index (χ2n) is 4.91. The molecule has 3 rings (SSSR count). The van der Waals surface area contributed by atoms with Crippen LogP contribution in [0.4, 0.5) is 27.5 Å². The van der Waals surface area contributed by atoms with Crippen molar-refractivity contribution in [2.24, 2.45) is 0 Å². The number of rotatable bonds is 5. The molecule has 1 heterocycles. The van der Waals surface area contributed by atoms with Crippen LogP contribution in [0.15, 0.2) is 54.7 Å². The van der Waals surface area contributed by atoms with Crippen LogP contribution in [0, 0.1) is 5.82 Å². The number of nitrogens with one attached hydrogen (secondary N) is 2. The van der Waals surface area contributed by atoms with Gasteiger partial charge in [-0.25, -0.2) is 4.39 Å². The zero-order valence-corrected chi connectivity index (χ0v) is 12.6. The first-order valence-corrected chi connectivity index (χ1v) is 7.32. The summed E-state index contributed by atoms with van der Waals surface area (Å²) in [5, 5.41) is 13.8. The van der Waals surface area contributed by atoms with Crippen LogP contribution in [0.5, 0.6) is 0 Å². The second kappa shape index (κ2) is 6.83. The molecule has 0 fully saturated rings. The van der Waals surface area contributed by atoms with Crippen molar-refractivity contribution in [3.05, 3.63) is 66.1 Å². The first kappa shape index (κ1) is 14.9. The Kier molecular flexibility index (Phi) is 4.42. The highest BCUT2D eigenvalue weighted by Crippen LogP contribution is 2.21. The van der Waals surface area contributed by atoms with Gasteiger partial charge in [-0.1, -0.05) is 37.3 Å². The number of halogens is 1. The van der Waals surface area contributed by atoms with Gasteiger partial charge in [0, 0.05) is 5.69 Å². The number of hydrogen-bond acceptors (Lipinski definition) is 5. The van der Waals surface area contributed by atoms with E-state index in [1.165, 1.54) is 17.8 Å². The normalized spacial score (nSPS) is 10.3. The molecule has 2 aromatic carbocycles. The molecule has 0 aliphatic carbocycles. The number of anilines is 4. The van der Waals surface area contributed by atoms with Gasteiger partial charge < -0.3 is 10.6 Å². The molecule has 116 valence electrons. The lowest BCUT2D eigenvalue weighted by atomic mass is 10.1. The number of nitrogens with zero attached hydrogens (tertiary/aromatic N) is 3. The quantitative estimate of drug-likeness (QED) is 0.744. The van der Waals surface area contributed by atoms with Gasteiger partial charge in [0.1, 0.15) is 5.82 Å². The van der Waals surface area contributed by atoms with Gasteiger partial charge in [0.15, 0.2) is 5.82 Å². The maximum atomic E-state index is 13.7. The summed E-state index contributed by atoms with van der Waals surface area (Å²) >= 11 is 0. The van der Waals surface area contributed by atoms with E-state index >= 15 is 0 Å². The van der Waals surface area contributed by atoms with Crippen LogP contribution >= 0.6 is 0 Å². The van der Waals surface area contributed by atoms with Crippen LogP contribution in [-0.2, 0) is 6.42 Å². The fraction of sp³-hybridized carbons (Fsp3) is 0.118. The SMILES string of the molecule is CCc1ccccc1Nc1cnnc(Nc2ccccc2F)n1. The van der Waals surface area contributed by atoms with Crippen molar-refractivity contribution < 1.29 is 4.39 Å². The maximum Gasteiger partial charge on any atom is 0.249 e. The first-order valence-electron chi connectivity index (χ1n) is 7.32. The Morgan fingerprint density at radius 1 is 0.957 bits per heavy atom. The molecule has 0 radical (unpaired) electrons. The van der Waals surface area contributed by atoms with Crippen LogP contribution in [-0.4, -0.2) is 15.2 Å². The van der Waals surface area contributed by atoms with Gasteiger partial charge in [0.25, 0.3) is 0 Å². The number of aryl methyl sites for hydroxylation is 1. The summed E-state index contributed by atoms with van der Waals surface area (Å²) in [6.07, 6.45) is 2.43. The van der Waals surface area contributed by atoms with Gasteiger partial charge in [-0.3, -0.25) is 0 Å². The van der Waals surface area contributed by atoms with Crippen molar-refractivity contribution in [1.29, 1.82) is 0 Å². The maximum absolute atomic E-state index is 13.7. The summed E-state index contributed by atoms with van der Waals surface area (Å²) < 4.78 is 13.7. The molecule has 0 amide bonds. The summed E-state index contributed by atoms with van der Waals surface area (Å²) in [5.41, 5.74) is 2.45. The molecule has 0 atom stereocenters. The predicted molar refractivity (Wildman–Crippen MR) is 88.6 cm³/mol. The molecule has 23 heavy (non-hydrogen) atoms. The Morgan fingerprint density at radius 2 is 1.70 bits per heavy atom. The minimum atomic E-state index is -0.370. The van der Waals surface area contributed by atoms with Gasteiger partial charge in [0.05, 0.1) is 11.9 Å².